The van der Waals surface area contributed by atoms with Crippen LogP contribution in [-0.2, 0) is 0 Å². The van der Waals surface area contributed by atoms with Crippen LogP contribution in [-0.4, -0.2) is 36.1 Å². The van der Waals surface area contributed by atoms with Crippen LogP contribution in [0.25, 0.3) is 0 Å². The highest BCUT2D eigenvalue weighted by Crippen LogP contribution is 2.48. The van der Waals surface area contributed by atoms with Crippen molar-refractivity contribution in [3.05, 3.63) is 28.2 Å². The van der Waals surface area contributed by atoms with Crippen molar-refractivity contribution in [1.82, 2.24) is 5.32 Å². The molecule has 0 aromatic heterocycles. The summed E-state index contributed by atoms with van der Waals surface area (Å²) < 4.78 is 43.3. The Morgan fingerprint density at radius 2 is 2.00 bits per heavy atom. The standard InChI is InChI=1S/C13H14Cl2F3NO2/c14-8-1-2-10(15)11(5-8)21-7-9(20)6-19-12(3-4-12)13(16,17)18/h1-2,5,9,19-20H,3-4,6-7H2. The molecular formula is C13H14Cl2F3NO2. The van der Waals surface area contributed by atoms with E-state index in [2.05, 4.69) is 5.32 Å². The zero-order valence-electron chi connectivity index (χ0n) is 10.9. The maximum Gasteiger partial charge on any atom is 0.406 e. The molecule has 0 bridgehead atoms. The minimum Gasteiger partial charge on any atom is -0.489 e. The van der Waals surface area contributed by atoms with E-state index in [0.29, 0.717) is 10.0 Å². The Balaban J connectivity index is 1.80. The molecule has 1 aliphatic rings. The number of halogens is 5. The molecule has 1 unspecified atom stereocenters. The molecule has 0 saturated heterocycles. The number of β-amino-alcohol motifs (C(OH)–C–C–N with tert-alkyl or cyclic N) is 1. The molecular weight excluding hydrogens is 330 g/mol. The van der Waals surface area contributed by atoms with Gasteiger partial charge in [0.2, 0.25) is 0 Å². The summed E-state index contributed by atoms with van der Waals surface area (Å²) in [7, 11) is 0. The zero-order chi connectivity index (χ0) is 15.7. The van der Waals surface area contributed by atoms with Crippen LogP contribution in [0.2, 0.25) is 10.0 Å². The van der Waals surface area contributed by atoms with Crippen LogP contribution in [0.5, 0.6) is 5.75 Å². The van der Waals surface area contributed by atoms with E-state index >= 15 is 0 Å². The van der Waals surface area contributed by atoms with Gasteiger partial charge in [0.25, 0.3) is 0 Å². The van der Waals surface area contributed by atoms with Crippen LogP contribution < -0.4 is 10.1 Å². The fraction of sp³-hybridized carbons (Fsp3) is 0.538. The normalized spacial score (nSPS) is 18.4. The van der Waals surface area contributed by atoms with Gasteiger partial charge < -0.3 is 15.2 Å². The first-order valence-corrected chi connectivity index (χ1v) is 7.07. The monoisotopic (exact) mass is 343 g/mol. The van der Waals surface area contributed by atoms with Crippen LogP contribution in [0.15, 0.2) is 18.2 Å². The van der Waals surface area contributed by atoms with E-state index in [1.165, 1.54) is 12.1 Å². The summed E-state index contributed by atoms with van der Waals surface area (Å²) in [5.74, 6) is 0.278. The van der Waals surface area contributed by atoms with Crippen molar-refractivity contribution in [1.29, 1.82) is 0 Å². The zero-order valence-corrected chi connectivity index (χ0v) is 12.4. The highest BCUT2D eigenvalue weighted by Gasteiger charge is 2.63. The topological polar surface area (TPSA) is 41.5 Å². The van der Waals surface area contributed by atoms with Gasteiger partial charge in [0, 0.05) is 17.6 Å². The average molecular weight is 344 g/mol. The first kappa shape index (κ1) is 16.7. The molecule has 1 aromatic rings. The molecule has 1 saturated carbocycles. The Hall–Kier alpha value is -0.690. The first-order valence-electron chi connectivity index (χ1n) is 6.31. The Bertz CT molecular complexity index is 507. The lowest BCUT2D eigenvalue weighted by Gasteiger charge is -2.22. The van der Waals surface area contributed by atoms with Crippen molar-refractivity contribution in [3.8, 4) is 5.75 Å². The third-order valence-corrected chi connectivity index (χ3v) is 3.84. The molecule has 0 amide bonds. The van der Waals surface area contributed by atoms with E-state index in [4.69, 9.17) is 27.9 Å². The summed E-state index contributed by atoms with van der Waals surface area (Å²) in [6.07, 6.45) is -5.32. The van der Waals surface area contributed by atoms with Crippen molar-refractivity contribution in [3.63, 3.8) is 0 Å². The van der Waals surface area contributed by atoms with Crippen LogP contribution in [0, 0.1) is 0 Å². The average Bonchev–Trinajstić information content (AvgIpc) is 3.18. The summed E-state index contributed by atoms with van der Waals surface area (Å²) in [6, 6.07) is 4.59. The fourth-order valence-corrected chi connectivity index (χ4v) is 2.17. The molecule has 0 spiro atoms. The maximum absolute atomic E-state index is 12.7. The van der Waals surface area contributed by atoms with Gasteiger partial charge in [0.1, 0.15) is 24.0 Å². The lowest BCUT2D eigenvalue weighted by molar-refractivity contribution is -0.166. The predicted octanol–water partition coefficient (Wildman–Crippen LogP) is 3.42. The molecule has 2 N–H and O–H groups in total. The molecule has 1 aliphatic carbocycles. The molecule has 0 heterocycles. The van der Waals surface area contributed by atoms with Crippen LogP contribution in [0.3, 0.4) is 0 Å². The summed E-state index contributed by atoms with van der Waals surface area (Å²) in [4.78, 5) is 0. The number of hydrogen-bond donors (Lipinski definition) is 2. The molecule has 3 nitrogen and oxygen atoms in total. The quantitative estimate of drug-likeness (QED) is 0.831. The fourth-order valence-electron chi connectivity index (χ4n) is 1.83. The van der Waals surface area contributed by atoms with E-state index in [1.807, 2.05) is 0 Å². The molecule has 2 rings (SSSR count). The van der Waals surface area contributed by atoms with Gasteiger partial charge in [-0.3, -0.25) is 0 Å². The third-order valence-electron chi connectivity index (χ3n) is 3.29. The van der Waals surface area contributed by atoms with Gasteiger partial charge in [0.15, 0.2) is 0 Å². The maximum atomic E-state index is 12.7. The summed E-state index contributed by atoms with van der Waals surface area (Å²) in [5.41, 5.74) is -1.85. The Labute approximate surface area is 130 Å². The molecule has 21 heavy (non-hydrogen) atoms. The van der Waals surface area contributed by atoms with Crippen molar-refractivity contribution in [2.75, 3.05) is 13.2 Å². The molecule has 8 heteroatoms. The van der Waals surface area contributed by atoms with Gasteiger partial charge in [0.05, 0.1) is 5.02 Å². The lowest BCUT2D eigenvalue weighted by Crippen LogP contribution is -2.48. The molecule has 1 atom stereocenters. The van der Waals surface area contributed by atoms with E-state index in [9.17, 15) is 18.3 Å². The van der Waals surface area contributed by atoms with E-state index < -0.39 is 17.8 Å². The number of rotatable bonds is 6. The second-order valence-electron chi connectivity index (χ2n) is 5.00. The lowest BCUT2D eigenvalue weighted by atomic mass is 10.2. The predicted molar refractivity (Wildman–Crippen MR) is 74.0 cm³/mol. The number of benzene rings is 1. The molecule has 1 aromatic carbocycles. The van der Waals surface area contributed by atoms with Crippen molar-refractivity contribution >= 4 is 23.2 Å². The smallest absolute Gasteiger partial charge is 0.406 e. The summed E-state index contributed by atoms with van der Waals surface area (Å²) >= 11 is 11.6. The van der Waals surface area contributed by atoms with E-state index in [-0.39, 0.29) is 31.7 Å². The van der Waals surface area contributed by atoms with Gasteiger partial charge in [-0.25, -0.2) is 0 Å². The molecule has 0 aliphatic heterocycles. The Morgan fingerprint density at radius 1 is 1.33 bits per heavy atom. The van der Waals surface area contributed by atoms with Crippen LogP contribution in [0.1, 0.15) is 12.8 Å². The number of aliphatic hydroxyl groups is 1. The van der Waals surface area contributed by atoms with E-state index in [1.54, 1.807) is 6.07 Å². The highest BCUT2D eigenvalue weighted by atomic mass is 35.5. The van der Waals surface area contributed by atoms with Gasteiger partial charge in [-0.15, -0.1) is 0 Å². The number of aliphatic hydroxyl groups excluding tert-OH is 1. The van der Waals surface area contributed by atoms with Crippen molar-refractivity contribution in [2.24, 2.45) is 0 Å². The second-order valence-corrected chi connectivity index (χ2v) is 5.84. The van der Waals surface area contributed by atoms with Crippen molar-refractivity contribution in [2.45, 2.75) is 30.7 Å². The first-order chi connectivity index (χ1) is 9.73. The van der Waals surface area contributed by atoms with Crippen LogP contribution >= 0.6 is 23.2 Å². The molecule has 118 valence electrons. The summed E-state index contributed by atoms with van der Waals surface area (Å²) in [6.45, 7) is -0.390. The largest absolute Gasteiger partial charge is 0.489 e. The highest BCUT2D eigenvalue weighted by molar-refractivity contribution is 6.34. The van der Waals surface area contributed by atoms with Gasteiger partial charge in [-0.2, -0.15) is 13.2 Å². The minimum absolute atomic E-state index is 0.0319. The third kappa shape index (κ3) is 4.16. The molecule has 0 radical (unpaired) electrons. The summed E-state index contributed by atoms with van der Waals surface area (Å²) in [5, 5.41) is 12.8. The Kier molecular flexibility index (Phi) is 4.92. The second kappa shape index (κ2) is 6.20. The number of nitrogens with one attached hydrogen (secondary N) is 1. The van der Waals surface area contributed by atoms with E-state index in [0.717, 1.165) is 0 Å². The van der Waals surface area contributed by atoms with Gasteiger partial charge >= 0.3 is 6.18 Å². The number of ether oxygens (including phenoxy) is 1. The number of alkyl halides is 3. The SMILES string of the molecule is OC(CNC1(C(F)(F)F)CC1)COc1cc(Cl)ccc1Cl. The number of hydrogen-bond acceptors (Lipinski definition) is 3. The minimum atomic E-state index is -4.30. The molecule has 1 fully saturated rings. The Morgan fingerprint density at radius 3 is 2.57 bits per heavy atom. The van der Waals surface area contributed by atoms with Gasteiger partial charge in [-0.1, -0.05) is 23.2 Å². The van der Waals surface area contributed by atoms with Crippen LogP contribution in [0.4, 0.5) is 13.2 Å². The van der Waals surface area contributed by atoms with Gasteiger partial charge in [-0.05, 0) is 25.0 Å². The van der Waals surface area contributed by atoms with Crippen molar-refractivity contribution < 1.29 is 23.0 Å².